The zero-order valence-electron chi connectivity index (χ0n) is 17.6. The Morgan fingerprint density at radius 3 is 2.32 bits per heavy atom. The van der Waals surface area contributed by atoms with Crippen LogP contribution in [0.3, 0.4) is 0 Å². The van der Waals surface area contributed by atoms with Crippen LogP contribution in [0.5, 0.6) is 5.75 Å². The molecule has 0 spiro atoms. The summed E-state index contributed by atoms with van der Waals surface area (Å²) in [6.07, 6.45) is 2.33. The lowest BCUT2D eigenvalue weighted by Crippen LogP contribution is -2.37. The Kier molecular flexibility index (Phi) is 5.55. The SMILES string of the molecule is Nc1cccc(-c2ccc(OC3CCN(Cc4ccccc4)CC3)c3ccccc23)n1. The molecule has 0 unspecified atom stereocenters. The fraction of sp³-hybridized carbons (Fsp3) is 0.222. The second kappa shape index (κ2) is 8.78. The highest BCUT2D eigenvalue weighted by atomic mass is 16.5. The summed E-state index contributed by atoms with van der Waals surface area (Å²) in [6, 6.07) is 29.0. The van der Waals surface area contributed by atoms with Gasteiger partial charge in [-0.1, -0.05) is 60.7 Å². The molecule has 2 N–H and O–H groups in total. The highest BCUT2D eigenvalue weighted by Gasteiger charge is 2.21. The van der Waals surface area contributed by atoms with Gasteiger partial charge in [0.1, 0.15) is 17.7 Å². The average molecular weight is 410 g/mol. The van der Waals surface area contributed by atoms with Gasteiger partial charge in [-0.2, -0.15) is 0 Å². The highest BCUT2D eigenvalue weighted by molar-refractivity contribution is 5.99. The predicted molar refractivity (Wildman–Crippen MR) is 127 cm³/mol. The molecule has 1 saturated heterocycles. The molecule has 156 valence electrons. The normalized spacial score (nSPS) is 15.2. The van der Waals surface area contributed by atoms with Crippen molar-refractivity contribution in [1.29, 1.82) is 0 Å². The molecule has 5 rings (SSSR count). The van der Waals surface area contributed by atoms with E-state index >= 15 is 0 Å². The van der Waals surface area contributed by atoms with Crippen LogP contribution in [0.4, 0.5) is 5.82 Å². The van der Waals surface area contributed by atoms with E-state index < -0.39 is 0 Å². The second-order valence-corrected chi connectivity index (χ2v) is 8.18. The molecule has 0 aliphatic carbocycles. The van der Waals surface area contributed by atoms with E-state index in [1.54, 1.807) is 0 Å². The maximum atomic E-state index is 6.51. The number of pyridine rings is 1. The predicted octanol–water partition coefficient (Wildman–Crippen LogP) is 5.53. The summed E-state index contributed by atoms with van der Waals surface area (Å²) in [5.74, 6) is 1.48. The minimum Gasteiger partial charge on any atom is -0.490 e. The summed E-state index contributed by atoms with van der Waals surface area (Å²) in [4.78, 5) is 7.03. The maximum Gasteiger partial charge on any atom is 0.127 e. The Labute approximate surface area is 183 Å². The zero-order chi connectivity index (χ0) is 21.0. The molecule has 31 heavy (non-hydrogen) atoms. The molecular weight excluding hydrogens is 382 g/mol. The monoisotopic (exact) mass is 409 g/mol. The van der Waals surface area contributed by atoms with E-state index in [9.17, 15) is 0 Å². The molecule has 0 radical (unpaired) electrons. The number of hydrogen-bond acceptors (Lipinski definition) is 4. The molecule has 0 atom stereocenters. The molecule has 0 bridgehead atoms. The van der Waals surface area contributed by atoms with Crippen LogP contribution in [0, 0.1) is 0 Å². The summed E-state index contributed by atoms with van der Waals surface area (Å²) in [6.45, 7) is 3.13. The summed E-state index contributed by atoms with van der Waals surface area (Å²) < 4.78 is 6.51. The zero-order valence-corrected chi connectivity index (χ0v) is 17.6. The molecule has 1 aliphatic rings. The molecule has 3 aromatic carbocycles. The molecule has 4 nitrogen and oxygen atoms in total. The number of aromatic nitrogens is 1. The summed E-state index contributed by atoms with van der Waals surface area (Å²) >= 11 is 0. The van der Waals surface area contributed by atoms with E-state index in [4.69, 9.17) is 10.5 Å². The van der Waals surface area contributed by atoms with E-state index in [0.29, 0.717) is 5.82 Å². The van der Waals surface area contributed by atoms with Crippen molar-refractivity contribution in [2.24, 2.45) is 0 Å². The number of rotatable bonds is 5. The second-order valence-electron chi connectivity index (χ2n) is 8.18. The van der Waals surface area contributed by atoms with Crippen LogP contribution in [0.2, 0.25) is 0 Å². The molecule has 4 aromatic rings. The molecule has 0 amide bonds. The third-order valence-electron chi connectivity index (χ3n) is 6.01. The first kappa shape index (κ1) is 19.6. The molecule has 1 aliphatic heterocycles. The Balaban J connectivity index is 1.32. The first-order chi connectivity index (χ1) is 15.3. The van der Waals surface area contributed by atoms with Gasteiger partial charge in [-0.15, -0.1) is 0 Å². The molecule has 0 saturated carbocycles. The van der Waals surface area contributed by atoms with Crippen molar-refractivity contribution in [2.75, 3.05) is 18.8 Å². The third-order valence-corrected chi connectivity index (χ3v) is 6.01. The van der Waals surface area contributed by atoms with Crippen molar-refractivity contribution in [3.8, 4) is 17.0 Å². The number of piperidine rings is 1. The van der Waals surface area contributed by atoms with Crippen LogP contribution >= 0.6 is 0 Å². The molecule has 1 fully saturated rings. The van der Waals surface area contributed by atoms with E-state index in [0.717, 1.165) is 60.3 Å². The van der Waals surface area contributed by atoms with Crippen molar-refractivity contribution in [2.45, 2.75) is 25.5 Å². The van der Waals surface area contributed by atoms with Gasteiger partial charge in [0, 0.05) is 30.6 Å². The standard InChI is InChI=1S/C27H27N3O/c28-27-12-6-11-25(29-27)23-13-14-26(24-10-5-4-9-22(23)24)31-21-15-17-30(18-16-21)19-20-7-2-1-3-8-20/h1-14,21H,15-19H2,(H2,28,29). The number of nitrogen functional groups attached to an aromatic ring is 1. The van der Waals surface area contributed by atoms with Crippen molar-refractivity contribution < 1.29 is 4.74 Å². The van der Waals surface area contributed by atoms with Crippen LogP contribution in [0.1, 0.15) is 18.4 Å². The molecule has 1 aromatic heterocycles. The van der Waals surface area contributed by atoms with Crippen LogP contribution in [0.15, 0.2) is 84.9 Å². The lowest BCUT2D eigenvalue weighted by molar-refractivity contribution is 0.0980. The Bertz CT molecular complexity index is 1170. The number of likely N-dealkylation sites (tertiary alicyclic amines) is 1. The Morgan fingerprint density at radius 1 is 0.806 bits per heavy atom. The van der Waals surface area contributed by atoms with Gasteiger partial charge in [-0.3, -0.25) is 4.90 Å². The van der Waals surface area contributed by atoms with Crippen LogP contribution in [-0.2, 0) is 6.54 Å². The summed E-state index contributed by atoms with van der Waals surface area (Å²) in [5, 5.41) is 2.26. The van der Waals surface area contributed by atoms with Crippen LogP contribution < -0.4 is 10.5 Å². The lowest BCUT2D eigenvalue weighted by atomic mass is 10.0. The number of hydrogen-bond donors (Lipinski definition) is 1. The largest absolute Gasteiger partial charge is 0.490 e. The van der Waals surface area contributed by atoms with Gasteiger partial charge >= 0.3 is 0 Å². The van der Waals surface area contributed by atoms with Crippen LogP contribution in [0.25, 0.3) is 22.0 Å². The topological polar surface area (TPSA) is 51.4 Å². The van der Waals surface area contributed by atoms with Gasteiger partial charge in [0.15, 0.2) is 0 Å². The molecule has 4 heteroatoms. The van der Waals surface area contributed by atoms with Gasteiger partial charge in [0.2, 0.25) is 0 Å². The number of benzene rings is 3. The fourth-order valence-corrected chi connectivity index (χ4v) is 4.41. The first-order valence-corrected chi connectivity index (χ1v) is 10.9. The molecule has 2 heterocycles. The van der Waals surface area contributed by atoms with Crippen molar-refractivity contribution in [3.63, 3.8) is 0 Å². The summed E-state index contributed by atoms with van der Waals surface area (Å²) in [5.41, 5.74) is 9.25. The van der Waals surface area contributed by atoms with Crippen LogP contribution in [-0.4, -0.2) is 29.1 Å². The quantitative estimate of drug-likeness (QED) is 0.471. The van der Waals surface area contributed by atoms with E-state index in [1.165, 1.54) is 5.56 Å². The van der Waals surface area contributed by atoms with Gasteiger partial charge in [-0.25, -0.2) is 4.98 Å². The highest BCUT2D eigenvalue weighted by Crippen LogP contribution is 2.35. The number of ether oxygens (including phenoxy) is 1. The fourth-order valence-electron chi connectivity index (χ4n) is 4.41. The van der Waals surface area contributed by atoms with E-state index in [2.05, 4.69) is 76.6 Å². The Hall–Kier alpha value is -3.37. The number of nitrogens with zero attached hydrogens (tertiary/aromatic N) is 2. The number of nitrogens with two attached hydrogens (primary N) is 1. The van der Waals surface area contributed by atoms with Crippen molar-refractivity contribution >= 4 is 16.6 Å². The van der Waals surface area contributed by atoms with Gasteiger partial charge in [0.05, 0.1) is 5.69 Å². The maximum absolute atomic E-state index is 6.51. The van der Waals surface area contributed by atoms with E-state index in [1.807, 2.05) is 18.2 Å². The van der Waals surface area contributed by atoms with Crippen molar-refractivity contribution in [1.82, 2.24) is 9.88 Å². The third kappa shape index (κ3) is 4.39. The van der Waals surface area contributed by atoms with Gasteiger partial charge in [-0.05, 0) is 48.1 Å². The summed E-state index contributed by atoms with van der Waals surface area (Å²) in [7, 11) is 0. The Morgan fingerprint density at radius 2 is 1.55 bits per heavy atom. The van der Waals surface area contributed by atoms with E-state index in [-0.39, 0.29) is 6.10 Å². The number of anilines is 1. The average Bonchev–Trinajstić information content (AvgIpc) is 2.81. The lowest BCUT2D eigenvalue weighted by Gasteiger charge is -2.32. The minimum atomic E-state index is 0.242. The minimum absolute atomic E-state index is 0.242. The smallest absolute Gasteiger partial charge is 0.127 e. The molecular formula is C27H27N3O. The van der Waals surface area contributed by atoms with Gasteiger partial charge in [0.25, 0.3) is 0 Å². The number of fused-ring (bicyclic) bond motifs is 1. The first-order valence-electron chi connectivity index (χ1n) is 10.9. The van der Waals surface area contributed by atoms with Crippen molar-refractivity contribution in [3.05, 3.63) is 90.5 Å². The van der Waals surface area contributed by atoms with Gasteiger partial charge < -0.3 is 10.5 Å².